The van der Waals surface area contributed by atoms with Gasteiger partial charge in [-0.3, -0.25) is 0 Å². The van der Waals surface area contributed by atoms with Crippen LogP contribution in [-0.4, -0.2) is 0 Å². The van der Waals surface area contributed by atoms with Crippen molar-refractivity contribution >= 4 is 0 Å². The molecule has 0 aromatic rings. The Hall–Kier alpha value is -0.480. The molecule has 0 amide bonds. The Morgan fingerprint density at radius 1 is 0.643 bits per heavy atom. The zero-order valence-electron chi connectivity index (χ0n) is 9.49. The Labute approximate surface area is 89.1 Å². The highest BCUT2D eigenvalue weighted by molar-refractivity contribution is 4.98. The van der Waals surface area contributed by atoms with E-state index in [9.17, 15) is 0 Å². The molecule has 0 N–H and O–H groups in total. The summed E-state index contributed by atoms with van der Waals surface area (Å²) in [7, 11) is 0. The van der Waals surface area contributed by atoms with E-state index in [1.54, 1.807) is 0 Å². The molecule has 0 aromatic carbocycles. The highest BCUT2D eigenvalue weighted by Gasteiger charge is 2.00. The summed E-state index contributed by atoms with van der Waals surface area (Å²) >= 11 is 0. The molecule has 0 radical (unpaired) electrons. The van der Waals surface area contributed by atoms with Crippen LogP contribution in [0.2, 0.25) is 0 Å². The van der Waals surface area contributed by atoms with Crippen LogP contribution in [0.1, 0.15) is 70.6 Å². The lowest BCUT2D eigenvalue weighted by Gasteiger charge is -2.08. The average Bonchev–Trinajstić information content (AvgIpc) is 2.19. The van der Waals surface area contributed by atoms with E-state index in [4.69, 9.17) is 0 Å². The molecule has 0 heterocycles. The molecule has 0 heteroatoms. The molecule has 0 saturated heterocycles. The summed E-state index contributed by atoms with van der Waals surface area (Å²) in [5, 5.41) is 0. The van der Waals surface area contributed by atoms with E-state index in [0.29, 0.717) is 0 Å². The zero-order chi connectivity index (χ0) is 10.1. The van der Waals surface area contributed by atoms with Crippen molar-refractivity contribution in [2.75, 3.05) is 0 Å². The quantitative estimate of drug-likeness (QED) is 0.474. The van der Waals surface area contributed by atoms with Crippen molar-refractivity contribution in [2.24, 2.45) is 0 Å². The molecule has 0 atom stereocenters. The van der Waals surface area contributed by atoms with Crippen molar-refractivity contribution in [3.8, 4) is 0 Å². The van der Waals surface area contributed by atoms with Crippen molar-refractivity contribution in [3.05, 3.63) is 17.9 Å². The lowest BCUT2D eigenvalue weighted by molar-refractivity contribution is 0.540. The topological polar surface area (TPSA) is 0 Å². The smallest absolute Gasteiger partial charge is 0.0244 e. The summed E-state index contributed by atoms with van der Waals surface area (Å²) in [6.45, 7) is 3.79. The molecule has 0 spiro atoms. The molecule has 1 rings (SSSR count). The molecule has 0 bridgehead atoms. The van der Waals surface area contributed by atoms with Crippen LogP contribution in [0.15, 0.2) is 17.9 Å². The minimum absolute atomic E-state index is 1.25. The Kier molecular flexibility index (Phi) is 6.53. The van der Waals surface area contributed by atoms with Crippen molar-refractivity contribution in [1.29, 1.82) is 0 Å². The highest BCUT2D eigenvalue weighted by atomic mass is 14.1. The first-order valence-electron chi connectivity index (χ1n) is 6.31. The van der Waals surface area contributed by atoms with Gasteiger partial charge in [-0.25, -0.2) is 0 Å². The van der Waals surface area contributed by atoms with E-state index in [0.717, 1.165) is 0 Å². The lowest BCUT2D eigenvalue weighted by Crippen LogP contribution is -1.88. The zero-order valence-corrected chi connectivity index (χ0v) is 9.49. The summed E-state index contributed by atoms with van der Waals surface area (Å²) in [4.78, 5) is 0. The summed E-state index contributed by atoms with van der Waals surface area (Å²) in [6.07, 6.45) is 15.3. The lowest BCUT2D eigenvalue weighted by atomic mass is 9.98. The third kappa shape index (κ3) is 5.29. The molecule has 0 unspecified atom stereocenters. The van der Waals surface area contributed by atoms with Gasteiger partial charge >= 0.3 is 0 Å². The first kappa shape index (κ1) is 11.6. The van der Waals surface area contributed by atoms with E-state index in [2.05, 4.69) is 12.3 Å². The number of rotatable bonds is 0. The highest BCUT2D eigenvalue weighted by Crippen LogP contribution is 2.19. The SMILES string of the molecule is C=C=C1CCCCCCCCCCC1. The standard InChI is InChI=1S/C14H24/c1-2-14-12-10-8-6-4-3-5-7-9-11-13-14/h1,3-13H2. The summed E-state index contributed by atoms with van der Waals surface area (Å²) in [6, 6.07) is 0. The van der Waals surface area contributed by atoms with E-state index in [-0.39, 0.29) is 0 Å². The summed E-state index contributed by atoms with van der Waals surface area (Å²) in [5.74, 6) is 0. The molecule has 1 aliphatic carbocycles. The van der Waals surface area contributed by atoms with Gasteiger partial charge in [0.25, 0.3) is 0 Å². The van der Waals surface area contributed by atoms with Crippen LogP contribution in [0.4, 0.5) is 0 Å². The van der Waals surface area contributed by atoms with Gasteiger partial charge in [-0.15, -0.1) is 5.73 Å². The van der Waals surface area contributed by atoms with Gasteiger partial charge in [0.05, 0.1) is 0 Å². The van der Waals surface area contributed by atoms with Gasteiger partial charge in [0, 0.05) is 0 Å². The summed E-state index contributed by atoms with van der Waals surface area (Å²) < 4.78 is 0. The number of hydrogen-bond acceptors (Lipinski definition) is 0. The third-order valence-corrected chi connectivity index (χ3v) is 3.21. The van der Waals surface area contributed by atoms with Crippen LogP contribution in [0.5, 0.6) is 0 Å². The minimum Gasteiger partial charge on any atom is -0.130 e. The Morgan fingerprint density at radius 2 is 1.00 bits per heavy atom. The van der Waals surface area contributed by atoms with Gasteiger partial charge < -0.3 is 0 Å². The fraction of sp³-hybridized carbons (Fsp3) is 0.786. The fourth-order valence-corrected chi connectivity index (χ4v) is 2.22. The second kappa shape index (κ2) is 7.88. The van der Waals surface area contributed by atoms with Crippen molar-refractivity contribution in [2.45, 2.75) is 70.6 Å². The molecule has 0 aromatic heterocycles. The Balaban J connectivity index is 2.27. The second-order valence-corrected chi connectivity index (χ2v) is 4.46. The normalized spacial score (nSPS) is 21.9. The molecule has 1 saturated carbocycles. The number of hydrogen-bond donors (Lipinski definition) is 0. The Bertz CT molecular complexity index is 170. The maximum Gasteiger partial charge on any atom is -0.0244 e. The molecule has 0 nitrogen and oxygen atoms in total. The molecule has 1 fully saturated rings. The van der Waals surface area contributed by atoms with Gasteiger partial charge in [-0.1, -0.05) is 51.5 Å². The second-order valence-electron chi connectivity index (χ2n) is 4.46. The molecule has 0 aliphatic heterocycles. The van der Waals surface area contributed by atoms with Gasteiger partial charge in [0.15, 0.2) is 0 Å². The van der Waals surface area contributed by atoms with Crippen molar-refractivity contribution in [3.63, 3.8) is 0 Å². The first-order valence-corrected chi connectivity index (χ1v) is 6.31. The third-order valence-electron chi connectivity index (χ3n) is 3.21. The predicted molar refractivity (Wildman–Crippen MR) is 63.4 cm³/mol. The fourth-order valence-electron chi connectivity index (χ4n) is 2.22. The van der Waals surface area contributed by atoms with E-state index < -0.39 is 0 Å². The van der Waals surface area contributed by atoms with E-state index in [1.165, 1.54) is 76.2 Å². The molecule has 14 heavy (non-hydrogen) atoms. The number of allylic oxidation sites excluding steroid dienone is 1. The minimum atomic E-state index is 1.25. The van der Waals surface area contributed by atoms with E-state index >= 15 is 0 Å². The van der Waals surface area contributed by atoms with Gasteiger partial charge in [-0.05, 0) is 31.3 Å². The largest absolute Gasteiger partial charge is 0.130 e. The maximum atomic E-state index is 3.79. The van der Waals surface area contributed by atoms with Crippen molar-refractivity contribution in [1.82, 2.24) is 0 Å². The van der Waals surface area contributed by atoms with Crippen molar-refractivity contribution < 1.29 is 0 Å². The van der Waals surface area contributed by atoms with E-state index in [1.807, 2.05) is 0 Å². The molecule has 1 aliphatic rings. The van der Waals surface area contributed by atoms with Gasteiger partial charge in [0.2, 0.25) is 0 Å². The summed E-state index contributed by atoms with van der Waals surface area (Å²) in [5.41, 5.74) is 4.60. The van der Waals surface area contributed by atoms with Gasteiger partial charge in [-0.2, -0.15) is 0 Å². The predicted octanol–water partition coefficient (Wildman–Crippen LogP) is 5.00. The maximum absolute atomic E-state index is 3.79. The molecular formula is C14H24. The van der Waals surface area contributed by atoms with Crippen LogP contribution in [-0.2, 0) is 0 Å². The van der Waals surface area contributed by atoms with Crippen LogP contribution in [0.3, 0.4) is 0 Å². The van der Waals surface area contributed by atoms with Crippen LogP contribution < -0.4 is 0 Å². The Morgan fingerprint density at radius 3 is 1.36 bits per heavy atom. The molecular weight excluding hydrogens is 168 g/mol. The van der Waals surface area contributed by atoms with Crippen LogP contribution in [0.25, 0.3) is 0 Å². The monoisotopic (exact) mass is 192 g/mol. The van der Waals surface area contributed by atoms with Crippen LogP contribution in [0, 0.1) is 0 Å². The average molecular weight is 192 g/mol. The van der Waals surface area contributed by atoms with Gasteiger partial charge in [0.1, 0.15) is 0 Å². The van der Waals surface area contributed by atoms with Crippen LogP contribution >= 0.6 is 0 Å². The first-order chi connectivity index (χ1) is 6.93. The molecule has 80 valence electrons.